The van der Waals surface area contributed by atoms with Gasteiger partial charge in [-0.15, -0.1) is 0 Å². The van der Waals surface area contributed by atoms with Crippen molar-refractivity contribution in [1.82, 2.24) is 0 Å². The molecular weight excluding hydrogens is 266 g/mol. The highest BCUT2D eigenvalue weighted by molar-refractivity contribution is 5.55. The van der Waals surface area contributed by atoms with Gasteiger partial charge in [-0.1, -0.05) is 78.9 Å². The molecule has 0 atom stereocenters. The van der Waals surface area contributed by atoms with Gasteiger partial charge in [0.25, 0.3) is 0 Å². The molecule has 0 aromatic heterocycles. The number of benzene rings is 3. The third kappa shape index (κ3) is 3.56. The Balaban J connectivity index is 1.90. The van der Waals surface area contributed by atoms with E-state index in [0.29, 0.717) is 0 Å². The third-order valence-corrected chi connectivity index (χ3v) is 3.76. The normalized spacial score (nSPS) is 10.4. The summed E-state index contributed by atoms with van der Waals surface area (Å²) < 4.78 is 0. The first kappa shape index (κ1) is 14.4. The maximum atomic E-state index is 4.18. The highest BCUT2D eigenvalue weighted by Gasteiger charge is 2.10. The van der Waals surface area contributed by atoms with E-state index >= 15 is 0 Å². The van der Waals surface area contributed by atoms with Crippen molar-refractivity contribution < 1.29 is 0 Å². The Morgan fingerprint density at radius 2 is 1.05 bits per heavy atom. The summed E-state index contributed by atoms with van der Waals surface area (Å²) in [6.07, 6.45) is 0. The highest BCUT2D eigenvalue weighted by atomic mass is 15.1. The van der Waals surface area contributed by atoms with Crippen LogP contribution in [0.2, 0.25) is 0 Å². The molecule has 22 heavy (non-hydrogen) atoms. The zero-order chi connectivity index (χ0) is 15.2. The van der Waals surface area contributed by atoms with Crippen molar-refractivity contribution in [2.75, 3.05) is 4.90 Å². The molecule has 0 saturated carbocycles. The monoisotopic (exact) mass is 286 g/mol. The molecule has 0 bridgehead atoms. The standard InChI is InChI=1S/C21H20N/c1-18-10-8-9-15-21(18)22(16-19-11-4-2-5-12-19)17-20-13-6-3-7-14-20/h2-15H,1,16-17H2. The van der Waals surface area contributed by atoms with E-state index in [1.807, 2.05) is 6.07 Å². The molecule has 1 heteroatoms. The molecular formula is C21H20N. The van der Waals surface area contributed by atoms with Gasteiger partial charge >= 0.3 is 0 Å². The first-order valence-corrected chi connectivity index (χ1v) is 7.57. The minimum atomic E-state index is 0.877. The summed E-state index contributed by atoms with van der Waals surface area (Å²) in [5, 5.41) is 0. The first-order chi connectivity index (χ1) is 10.8. The van der Waals surface area contributed by atoms with Crippen LogP contribution in [0.25, 0.3) is 0 Å². The fourth-order valence-corrected chi connectivity index (χ4v) is 2.65. The van der Waals surface area contributed by atoms with Crippen LogP contribution in [-0.4, -0.2) is 0 Å². The van der Waals surface area contributed by atoms with Crippen LogP contribution < -0.4 is 4.90 Å². The Morgan fingerprint density at radius 3 is 1.55 bits per heavy atom. The number of hydrogen-bond donors (Lipinski definition) is 0. The topological polar surface area (TPSA) is 3.24 Å². The van der Waals surface area contributed by atoms with E-state index in [4.69, 9.17) is 0 Å². The first-order valence-electron chi connectivity index (χ1n) is 7.57. The number of nitrogens with zero attached hydrogens (tertiary/aromatic N) is 1. The zero-order valence-corrected chi connectivity index (χ0v) is 12.7. The molecule has 0 amide bonds. The van der Waals surface area contributed by atoms with E-state index in [1.165, 1.54) is 16.8 Å². The molecule has 0 N–H and O–H groups in total. The van der Waals surface area contributed by atoms with Crippen molar-refractivity contribution in [1.29, 1.82) is 0 Å². The van der Waals surface area contributed by atoms with Crippen LogP contribution >= 0.6 is 0 Å². The average molecular weight is 286 g/mol. The van der Waals surface area contributed by atoms with Crippen molar-refractivity contribution in [3.8, 4) is 0 Å². The minimum Gasteiger partial charge on any atom is -0.363 e. The number of para-hydroxylation sites is 1. The second kappa shape index (κ2) is 6.95. The van der Waals surface area contributed by atoms with Gasteiger partial charge in [0.15, 0.2) is 0 Å². The molecule has 3 aromatic rings. The second-order valence-electron chi connectivity index (χ2n) is 5.46. The maximum Gasteiger partial charge on any atom is 0.0433 e. The maximum absolute atomic E-state index is 4.18. The van der Waals surface area contributed by atoms with E-state index in [2.05, 4.69) is 90.7 Å². The van der Waals surface area contributed by atoms with Gasteiger partial charge in [-0.25, -0.2) is 0 Å². The van der Waals surface area contributed by atoms with Crippen LogP contribution in [0.1, 0.15) is 16.7 Å². The molecule has 0 aliphatic heterocycles. The molecule has 1 radical (unpaired) electrons. The van der Waals surface area contributed by atoms with Gasteiger partial charge in [-0.3, -0.25) is 0 Å². The van der Waals surface area contributed by atoms with Crippen LogP contribution in [-0.2, 0) is 13.1 Å². The number of hydrogen-bond acceptors (Lipinski definition) is 1. The van der Waals surface area contributed by atoms with Gasteiger partial charge in [0.05, 0.1) is 0 Å². The van der Waals surface area contributed by atoms with Crippen LogP contribution in [0.5, 0.6) is 0 Å². The number of rotatable bonds is 5. The van der Waals surface area contributed by atoms with E-state index < -0.39 is 0 Å². The molecule has 0 fully saturated rings. The summed E-state index contributed by atoms with van der Waals surface area (Å²) in [4.78, 5) is 2.38. The van der Waals surface area contributed by atoms with Gasteiger partial charge in [0.2, 0.25) is 0 Å². The van der Waals surface area contributed by atoms with Crippen molar-refractivity contribution in [3.05, 3.63) is 109 Å². The van der Waals surface area contributed by atoms with Gasteiger partial charge < -0.3 is 4.90 Å². The Hall–Kier alpha value is -2.54. The summed E-state index contributed by atoms with van der Waals surface area (Å²) in [6.45, 7) is 5.94. The van der Waals surface area contributed by atoms with Crippen molar-refractivity contribution in [3.63, 3.8) is 0 Å². The average Bonchev–Trinajstić information content (AvgIpc) is 2.57. The fourth-order valence-electron chi connectivity index (χ4n) is 2.65. The Kier molecular flexibility index (Phi) is 4.55. The van der Waals surface area contributed by atoms with Crippen molar-refractivity contribution in [2.45, 2.75) is 13.1 Å². The summed E-state index contributed by atoms with van der Waals surface area (Å²) in [5.74, 6) is 0. The third-order valence-electron chi connectivity index (χ3n) is 3.76. The smallest absolute Gasteiger partial charge is 0.0433 e. The predicted molar refractivity (Wildman–Crippen MR) is 93.7 cm³/mol. The molecule has 3 aromatic carbocycles. The van der Waals surface area contributed by atoms with Gasteiger partial charge in [-0.2, -0.15) is 0 Å². The quantitative estimate of drug-likeness (QED) is 0.632. The van der Waals surface area contributed by atoms with Crippen molar-refractivity contribution in [2.24, 2.45) is 0 Å². The lowest BCUT2D eigenvalue weighted by molar-refractivity contribution is 0.798. The Labute approximate surface area is 132 Å². The van der Waals surface area contributed by atoms with Crippen LogP contribution in [0, 0.1) is 6.92 Å². The van der Waals surface area contributed by atoms with Crippen LogP contribution in [0.3, 0.4) is 0 Å². The molecule has 109 valence electrons. The van der Waals surface area contributed by atoms with E-state index in [9.17, 15) is 0 Å². The molecule has 0 unspecified atom stereocenters. The molecule has 0 spiro atoms. The summed E-state index contributed by atoms with van der Waals surface area (Å²) in [5.41, 5.74) is 4.87. The lowest BCUT2D eigenvalue weighted by atomic mass is 10.1. The van der Waals surface area contributed by atoms with Gasteiger partial charge in [0.1, 0.15) is 0 Å². The molecule has 1 nitrogen and oxygen atoms in total. The van der Waals surface area contributed by atoms with E-state index in [0.717, 1.165) is 18.7 Å². The van der Waals surface area contributed by atoms with Crippen LogP contribution in [0.15, 0.2) is 84.9 Å². The lowest BCUT2D eigenvalue weighted by Crippen LogP contribution is -2.22. The zero-order valence-electron chi connectivity index (χ0n) is 12.7. The van der Waals surface area contributed by atoms with Gasteiger partial charge in [-0.05, 0) is 29.7 Å². The largest absolute Gasteiger partial charge is 0.363 e. The minimum absolute atomic E-state index is 0.877. The van der Waals surface area contributed by atoms with Gasteiger partial charge in [0, 0.05) is 18.8 Å². The summed E-state index contributed by atoms with van der Waals surface area (Å²) in [6, 6.07) is 29.5. The molecule has 0 aliphatic rings. The summed E-state index contributed by atoms with van der Waals surface area (Å²) in [7, 11) is 0. The Morgan fingerprint density at radius 1 is 0.591 bits per heavy atom. The van der Waals surface area contributed by atoms with E-state index in [-0.39, 0.29) is 0 Å². The molecule has 0 aliphatic carbocycles. The lowest BCUT2D eigenvalue weighted by Gasteiger charge is -2.27. The van der Waals surface area contributed by atoms with E-state index in [1.54, 1.807) is 0 Å². The van der Waals surface area contributed by atoms with Crippen molar-refractivity contribution >= 4 is 5.69 Å². The SMILES string of the molecule is [CH2]c1ccccc1N(Cc1ccccc1)Cc1ccccc1. The fraction of sp³-hybridized carbons (Fsp3) is 0.0952. The highest BCUT2D eigenvalue weighted by Crippen LogP contribution is 2.23. The second-order valence-corrected chi connectivity index (χ2v) is 5.46. The molecule has 3 rings (SSSR count). The Bertz CT molecular complexity index is 663. The summed E-state index contributed by atoms with van der Waals surface area (Å²) >= 11 is 0. The van der Waals surface area contributed by atoms with Crippen LogP contribution in [0.4, 0.5) is 5.69 Å². The molecule has 0 saturated heterocycles. The predicted octanol–water partition coefficient (Wildman–Crippen LogP) is 5.08. The molecule has 0 heterocycles. The number of anilines is 1.